The second kappa shape index (κ2) is 10.3. The molecule has 0 aliphatic rings. The lowest BCUT2D eigenvalue weighted by Gasteiger charge is -2.08. The Bertz CT molecular complexity index is 291. The summed E-state index contributed by atoms with van der Waals surface area (Å²) in [6.07, 6.45) is 7.71. The van der Waals surface area contributed by atoms with Gasteiger partial charge < -0.3 is 10.5 Å². The molecule has 2 N–H and O–H groups in total. The summed E-state index contributed by atoms with van der Waals surface area (Å²) in [6, 6.07) is 7.67. The van der Waals surface area contributed by atoms with Crippen LogP contribution in [0.3, 0.4) is 0 Å². The van der Waals surface area contributed by atoms with Gasteiger partial charge in [-0.15, -0.1) is 12.4 Å². The van der Waals surface area contributed by atoms with E-state index in [-0.39, 0.29) is 12.4 Å². The van der Waals surface area contributed by atoms with Crippen LogP contribution in [-0.2, 0) is 0 Å². The molecule has 1 aromatic carbocycles. The van der Waals surface area contributed by atoms with Crippen molar-refractivity contribution < 1.29 is 4.74 Å². The molecule has 0 radical (unpaired) electrons. The van der Waals surface area contributed by atoms with E-state index in [2.05, 4.69) is 6.92 Å². The third kappa shape index (κ3) is 7.11. The quantitative estimate of drug-likeness (QED) is 0.552. The number of benzene rings is 1. The fraction of sp³-hybridized carbons (Fsp3) is 0.571. The van der Waals surface area contributed by atoms with Crippen LogP contribution in [0, 0.1) is 0 Å². The highest BCUT2D eigenvalue weighted by atomic mass is 35.5. The van der Waals surface area contributed by atoms with Crippen LogP contribution in [0.1, 0.15) is 45.4 Å². The van der Waals surface area contributed by atoms with Gasteiger partial charge in [0.15, 0.2) is 0 Å². The molecule has 0 atom stereocenters. The van der Waals surface area contributed by atoms with Crippen LogP contribution in [-0.4, -0.2) is 6.61 Å². The van der Waals surface area contributed by atoms with Gasteiger partial charge >= 0.3 is 0 Å². The molecule has 0 heterocycles. The van der Waals surface area contributed by atoms with Crippen molar-refractivity contribution in [1.82, 2.24) is 0 Å². The highest BCUT2D eigenvalue weighted by molar-refractivity contribution is 5.85. The summed E-state index contributed by atoms with van der Waals surface area (Å²) in [7, 11) is 0. The molecule has 0 aliphatic heterocycles. The zero-order valence-corrected chi connectivity index (χ0v) is 11.5. The molecule has 98 valence electrons. The number of para-hydroxylation sites is 2. The smallest absolute Gasteiger partial charge is 0.142 e. The average molecular weight is 258 g/mol. The van der Waals surface area contributed by atoms with Crippen LogP contribution < -0.4 is 10.5 Å². The topological polar surface area (TPSA) is 35.2 Å². The minimum absolute atomic E-state index is 0. The predicted octanol–water partition coefficient (Wildman–Crippen LogP) is 4.43. The van der Waals surface area contributed by atoms with E-state index in [9.17, 15) is 0 Å². The predicted molar refractivity (Wildman–Crippen MR) is 77.0 cm³/mol. The zero-order valence-electron chi connectivity index (χ0n) is 10.7. The molecule has 0 saturated carbocycles. The van der Waals surface area contributed by atoms with Crippen molar-refractivity contribution in [2.75, 3.05) is 12.3 Å². The molecular formula is C14H24ClNO. The normalized spacial score (nSPS) is 9.71. The summed E-state index contributed by atoms with van der Waals surface area (Å²) in [5.74, 6) is 0.816. The number of unbranched alkanes of at least 4 members (excludes halogenated alkanes) is 5. The molecule has 0 spiro atoms. The van der Waals surface area contributed by atoms with Gasteiger partial charge in [-0.2, -0.15) is 0 Å². The largest absolute Gasteiger partial charge is 0.491 e. The van der Waals surface area contributed by atoms with Gasteiger partial charge in [-0.05, 0) is 18.6 Å². The lowest BCUT2D eigenvalue weighted by atomic mass is 10.1. The molecule has 0 aromatic heterocycles. The Morgan fingerprint density at radius 2 is 1.65 bits per heavy atom. The minimum atomic E-state index is 0. The number of halogens is 1. The summed E-state index contributed by atoms with van der Waals surface area (Å²) in [6.45, 7) is 3.02. The fourth-order valence-corrected chi connectivity index (χ4v) is 1.68. The number of anilines is 1. The number of rotatable bonds is 8. The van der Waals surface area contributed by atoms with Crippen molar-refractivity contribution in [2.24, 2.45) is 0 Å². The Kier molecular flexibility index (Phi) is 9.74. The highest BCUT2D eigenvalue weighted by Crippen LogP contribution is 2.20. The summed E-state index contributed by atoms with van der Waals surface area (Å²) >= 11 is 0. The lowest BCUT2D eigenvalue weighted by molar-refractivity contribution is 0.306. The van der Waals surface area contributed by atoms with E-state index in [1.807, 2.05) is 24.3 Å². The number of nitrogens with two attached hydrogens (primary N) is 1. The van der Waals surface area contributed by atoms with Gasteiger partial charge in [0.2, 0.25) is 0 Å². The average Bonchev–Trinajstić information content (AvgIpc) is 2.30. The number of ether oxygens (including phenoxy) is 1. The molecule has 1 rings (SSSR count). The van der Waals surface area contributed by atoms with Crippen LogP contribution in [0.15, 0.2) is 24.3 Å². The third-order valence-electron chi connectivity index (χ3n) is 2.67. The molecule has 3 heteroatoms. The summed E-state index contributed by atoms with van der Waals surface area (Å²) < 4.78 is 5.62. The van der Waals surface area contributed by atoms with E-state index in [0.29, 0.717) is 0 Å². The SMILES string of the molecule is CCCCCCCCOc1ccccc1N.Cl. The first-order valence-electron chi connectivity index (χ1n) is 6.32. The van der Waals surface area contributed by atoms with Gasteiger partial charge in [-0.3, -0.25) is 0 Å². The minimum Gasteiger partial charge on any atom is -0.491 e. The third-order valence-corrected chi connectivity index (χ3v) is 2.67. The van der Waals surface area contributed by atoms with Crippen molar-refractivity contribution in [1.29, 1.82) is 0 Å². The molecule has 0 aliphatic carbocycles. The standard InChI is InChI=1S/C14H23NO.ClH/c1-2-3-4-5-6-9-12-16-14-11-8-7-10-13(14)15;/h7-8,10-11H,2-6,9,12,15H2,1H3;1H. The Morgan fingerprint density at radius 3 is 2.35 bits per heavy atom. The molecule has 0 saturated heterocycles. The van der Waals surface area contributed by atoms with Crippen molar-refractivity contribution in [3.63, 3.8) is 0 Å². The Morgan fingerprint density at radius 1 is 1.00 bits per heavy atom. The van der Waals surface area contributed by atoms with Crippen LogP contribution in [0.5, 0.6) is 5.75 Å². The maximum Gasteiger partial charge on any atom is 0.142 e. The van der Waals surface area contributed by atoms with Crippen LogP contribution in [0.4, 0.5) is 5.69 Å². The molecule has 0 amide bonds. The monoisotopic (exact) mass is 257 g/mol. The Balaban J connectivity index is 0.00000256. The maximum absolute atomic E-state index is 5.78. The maximum atomic E-state index is 5.78. The second-order valence-electron chi connectivity index (χ2n) is 4.15. The molecule has 2 nitrogen and oxygen atoms in total. The second-order valence-corrected chi connectivity index (χ2v) is 4.15. The fourth-order valence-electron chi connectivity index (χ4n) is 1.68. The first-order valence-corrected chi connectivity index (χ1v) is 6.32. The zero-order chi connectivity index (χ0) is 11.6. The van der Waals surface area contributed by atoms with Crippen LogP contribution in [0.25, 0.3) is 0 Å². The lowest BCUT2D eigenvalue weighted by Crippen LogP contribution is -2.00. The molecule has 0 bridgehead atoms. The van der Waals surface area contributed by atoms with Crippen LogP contribution >= 0.6 is 12.4 Å². The van der Waals surface area contributed by atoms with Gasteiger partial charge in [-0.25, -0.2) is 0 Å². The van der Waals surface area contributed by atoms with E-state index in [1.165, 1.54) is 32.1 Å². The van der Waals surface area contributed by atoms with Gasteiger partial charge in [0.1, 0.15) is 5.75 Å². The highest BCUT2D eigenvalue weighted by Gasteiger charge is 1.97. The Labute approximate surface area is 111 Å². The van der Waals surface area contributed by atoms with E-state index >= 15 is 0 Å². The van der Waals surface area contributed by atoms with Crippen molar-refractivity contribution >= 4 is 18.1 Å². The van der Waals surface area contributed by atoms with E-state index < -0.39 is 0 Å². The summed E-state index contributed by atoms with van der Waals surface area (Å²) in [4.78, 5) is 0. The molecule has 0 fully saturated rings. The summed E-state index contributed by atoms with van der Waals surface area (Å²) in [5, 5.41) is 0. The van der Waals surface area contributed by atoms with Gasteiger partial charge in [0, 0.05) is 0 Å². The molecule has 1 aromatic rings. The molecule has 17 heavy (non-hydrogen) atoms. The number of hydrogen-bond acceptors (Lipinski definition) is 2. The Hall–Kier alpha value is -0.890. The van der Waals surface area contributed by atoms with E-state index in [4.69, 9.17) is 10.5 Å². The van der Waals surface area contributed by atoms with Crippen molar-refractivity contribution in [3.05, 3.63) is 24.3 Å². The van der Waals surface area contributed by atoms with Crippen LogP contribution in [0.2, 0.25) is 0 Å². The molecule has 0 unspecified atom stereocenters. The van der Waals surface area contributed by atoms with Gasteiger partial charge in [0.25, 0.3) is 0 Å². The first kappa shape index (κ1) is 16.1. The van der Waals surface area contributed by atoms with Crippen molar-refractivity contribution in [3.8, 4) is 5.75 Å². The van der Waals surface area contributed by atoms with E-state index in [1.54, 1.807) is 0 Å². The molecular weight excluding hydrogens is 234 g/mol. The van der Waals surface area contributed by atoms with Gasteiger partial charge in [-0.1, -0.05) is 51.2 Å². The number of nitrogen functional groups attached to an aromatic ring is 1. The van der Waals surface area contributed by atoms with E-state index in [0.717, 1.165) is 24.5 Å². The van der Waals surface area contributed by atoms with Gasteiger partial charge in [0.05, 0.1) is 12.3 Å². The number of hydrogen-bond donors (Lipinski definition) is 1. The summed E-state index contributed by atoms with van der Waals surface area (Å²) in [5.41, 5.74) is 6.51. The first-order chi connectivity index (χ1) is 7.84. The van der Waals surface area contributed by atoms with Crippen molar-refractivity contribution in [2.45, 2.75) is 45.4 Å².